The molecule has 2 aliphatic rings. The molecule has 1 nitrogen and oxygen atoms in total. The summed E-state index contributed by atoms with van der Waals surface area (Å²) in [7, 11) is -0.229. The van der Waals surface area contributed by atoms with Gasteiger partial charge in [0, 0.05) is 17.1 Å². The fourth-order valence-electron chi connectivity index (χ4n) is 5.21. The van der Waals surface area contributed by atoms with E-state index in [4.69, 9.17) is 5.73 Å². The maximum atomic E-state index is 5.43. The van der Waals surface area contributed by atoms with Crippen LogP contribution >= 0.6 is 7.92 Å². The third kappa shape index (κ3) is 12.7. The summed E-state index contributed by atoms with van der Waals surface area (Å²) in [4.78, 5) is 0. The first kappa shape index (κ1) is 37.5. The van der Waals surface area contributed by atoms with Crippen molar-refractivity contribution in [1.29, 1.82) is 0 Å². The van der Waals surface area contributed by atoms with Gasteiger partial charge in [-0.1, -0.05) is 142 Å². The molecule has 0 aromatic heterocycles. The van der Waals surface area contributed by atoms with E-state index in [0.29, 0.717) is 0 Å². The molecule has 0 bridgehead atoms. The minimum Gasteiger partial charge on any atom is -0.330 e. The van der Waals surface area contributed by atoms with E-state index in [9.17, 15) is 0 Å². The first-order valence-corrected chi connectivity index (χ1v) is 16.2. The number of nitrogens with two attached hydrogens (primary N) is 1. The third-order valence-corrected chi connectivity index (χ3v) is 10.1. The zero-order valence-corrected chi connectivity index (χ0v) is 26.8. The van der Waals surface area contributed by atoms with Gasteiger partial charge in [-0.3, -0.25) is 0 Å². The van der Waals surface area contributed by atoms with Crippen LogP contribution in [0.4, 0.5) is 0 Å². The number of rotatable bonds is 6. The number of benzene rings is 2. The third-order valence-electron chi connectivity index (χ3n) is 7.11. The van der Waals surface area contributed by atoms with E-state index in [2.05, 4.69) is 74.5 Å². The van der Waals surface area contributed by atoms with E-state index < -0.39 is 0 Å². The summed E-state index contributed by atoms with van der Waals surface area (Å²) in [6.07, 6.45) is 11.2. The molecule has 4 rings (SSSR count). The Labute approximate surface area is 238 Å². The van der Waals surface area contributed by atoms with Crippen LogP contribution in [-0.2, 0) is 17.1 Å². The van der Waals surface area contributed by atoms with Gasteiger partial charge in [0.1, 0.15) is 0 Å². The summed E-state index contributed by atoms with van der Waals surface area (Å²) >= 11 is 0. The van der Waals surface area contributed by atoms with Crippen LogP contribution in [0.2, 0.25) is 0 Å². The molecule has 2 aromatic rings. The molecular weight excluding hydrogens is 497 g/mol. The molecule has 2 fully saturated rings. The summed E-state index contributed by atoms with van der Waals surface area (Å²) in [6.45, 7) is 17.7. The molecule has 2 saturated carbocycles. The van der Waals surface area contributed by atoms with Crippen molar-refractivity contribution in [2.75, 3.05) is 6.54 Å². The number of hydrogen-bond donors (Lipinski definition) is 1. The molecule has 3 heteroatoms. The minimum atomic E-state index is -0.229. The van der Waals surface area contributed by atoms with Gasteiger partial charge in [0.25, 0.3) is 0 Å². The predicted molar refractivity (Wildman–Crippen MR) is 165 cm³/mol. The minimum absolute atomic E-state index is 0. The molecule has 0 heterocycles. The van der Waals surface area contributed by atoms with E-state index in [0.717, 1.165) is 30.0 Å². The van der Waals surface area contributed by atoms with Gasteiger partial charge in [-0.05, 0) is 74.2 Å². The van der Waals surface area contributed by atoms with Crippen molar-refractivity contribution in [3.05, 3.63) is 60.7 Å². The quantitative estimate of drug-likeness (QED) is 0.279. The molecule has 2 N–H and O–H groups in total. The molecule has 2 unspecified atom stereocenters. The Morgan fingerprint density at radius 3 is 1.53 bits per heavy atom. The van der Waals surface area contributed by atoms with Gasteiger partial charge in [0.05, 0.1) is 0 Å². The predicted octanol–water partition coefficient (Wildman–Crippen LogP) is 9.55. The molecule has 36 heavy (non-hydrogen) atoms. The summed E-state index contributed by atoms with van der Waals surface area (Å²) in [5, 5.41) is 3.12. The fourth-order valence-corrected chi connectivity index (χ4v) is 8.53. The van der Waals surface area contributed by atoms with Crippen LogP contribution in [0.1, 0.15) is 107 Å². The molecule has 2 aliphatic carbocycles. The first-order valence-electron chi connectivity index (χ1n) is 14.8. The monoisotopic (exact) mass is 555 g/mol. The molecule has 2 aromatic carbocycles. The molecule has 3 atom stereocenters. The Hall–Kier alpha value is -0.651. The molecule has 0 spiro atoms. The van der Waals surface area contributed by atoms with Crippen molar-refractivity contribution >= 4 is 18.5 Å². The van der Waals surface area contributed by atoms with Gasteiger partial charge >= 0.3 is 0 Å². The second kappa shape index (κ2) is 24.7. The zero-order valence-electron chi connectivity index (χ0n) is 24.8. The van der Waals surface area contributed by atoms with Gasteiger partial charge < -0.3 is 5.73 Å². The maximum Gasteiger partial charge on any atom is 0 e. The van der Waals surface area contributed by atoms with Crippen molar-refractivity contribution < 1.29 is 17.1 Å². The average Bonchev–Trinajstić information content (AvgIpc) is 3.66. The Morgan fingerprint density at radius 1 is 0.722 bits per heavy atom. The smallest absolute Gasteiger partial charge is 0 e. The fraction of sp³-hybridized carbons (Fsp3) is 0.636. The van der Waals surface area contributed by atoms with Crippen LogP contribution in [0, 0.1) is 17.8 Å². The van der Waals surface area contributed by atoms with Crippen LogP contribution in [-0.4, -0.2) is 12.2 Å². The van der Waals surface area contributed by atoms with Crippen LogP contribution < -0.4 is 16.3 Å². The Bertz CT molecular complexity index is 648. The van der Waals surface area contributed by atoms with E-state index >= 15 is 0 Å². The maximum absolute atomic E-state index is 5.43. The molecule has 208 valence electrons. The molecular formula is C33H58FeNP. The van der Waals surface area contributed by atoms with Crippen molar-refractivity contribution in [2.24, 2.45) is 23.5 Å². The largest absolute Gasteiger partial charge is 0.330 e. The van der Waals surface area contributed by atoms with Crippen LogP contribution in [0.25, 0.3) is 0 Å². The van der Waals surface area contributed by atoms with Crippen molar-refractivity contribution in [1.82, 2.24) is 0 Å². The topological polar surface area (TPSA) is 26.0 Å². The van der Waals surface area contributed by atoms with E-state index in [1.165, 1.54) is 51.4 Å². The Morgan fingerprint density at radius 2 is 1.17 bits per heavy atom. The van der Waals surface area contributed by atoms with Crippen molar-refractivity contribution in [3.8, 4) is 0 Å². The van der Waals surface area contributed by atoms with Crippen LogP contribution in [0.3, 0.4) is 0 Å². The summed E-state index contributed by atoms with van der Waals surface area (Å²) < 4.78 is 0. The van der Waals surface area contributed by atoms with E-state index in [1.807, 2.05) is 41.5 Å². The van der Waals surface area contributed by atoms with Gasteiger partial charge in [-0.25, -0.2) is 0 Å². The molecule has 0 radical (unpaired) electrons. The zero-order chi connectivity index (χ0) is 26.5. The van der Waals surface area contributed by atoms with Crippen molar-refractivity contribution in [2.45, 2.75) is 112 Å². The SMILES string of the molecule is CC.CC.CC.CC[C@H](C)C1CCCC1P(c1ccccc1)c1ccccc1.NCC1CCCC1.[Fe]. The standard InChI is InChI=1S/C21H27P.C6H13N.3C2H6.Fe/c1-3-17(2)20-15-10-16-21(20)22(18-11-6-4-7-12-18)19-13-8-5-9-14-19;7-5-6-3-1-2-4-6;3*1-2;/h4-9,11-14,17,20-21H,3,10,15-16H2,1-2H3;6H,1-5,7H2;3*1-2H3;/t17-,20?,21?;;;;;/m0...../s1. The second-order valence-electron chi connectivity index (χ2n) is 8.97. The van der Waals surface area contributed by atoms with Gasteiger partial charge in [-0.2, -0.15) is 0 Å². The number of hydrogen-bond acceptors (Lipinski definition) is 1. The average molecular weight is 556 g/mol. The summed E-state index contributed by atoms with van der Waals surface area (Å²) in [5.41, 5.74) is 6.29. The van der Waals surface area contributed by atoms with Crippen LogP contribution in [0.15, 0.2) is 60.7 Å². The molecule has 0 amide bonds. The molecule has 0 aliphatic heterocycles. The van der Waals surface area contributed by atoms with Gasteiger partial charge in [0.2, 0.25) is 0 Å². The Balaban J connectivity index is 0. The van der Waals surface area contributed by atoms with E-state index in [-0.39, 0.29) is 25.0 Å². The van der Waals surface area contributed by atoms with Crippen LogP contribution in [0.5, 0.6) is 0 Å². The molecule has 0 saturated heterocycles. The van der Waals surface area contributed by atoms with Gasteiger partial charge in [0.15, 0.2) is 0 Å². The summed E-state index contributed by atoms with van der Waals surface area (Å²) in [5.74, 6) is 2.63. The Kier molecular flexibility index (Phi) is 25.7. The van der Waals surface area contributed by atoms with Gasteiger partial charge in [-0.15, -0.1) is 0 Å². The normalized spacial score (nSPS) is 19.1. The second-order valence-corrected chi connectivity index (χ2v) is 11.4. The first-order chi connectivity index (χ1) is 17.2. The van der Waals surface area contributed by atoms with Crippen molar-refractivity contribution in [3.63, 3.8) is 0 Å². The summed E-state index contributed by atoms with van der Waals surface area (Å²) in [6, 6.07) is 22.5. The van der Waals surface area contributed by atoms with E-state index in [1.54, 1.807) is 10.6 Å².